The highest BCUT2D eigenvalue weighted by Crippen LogP contribution is 2.23. The summed E-state index contributed by atoms with van der Waals surface area (Å²) in [4.78, 5) is 32.3. The number of halogens is 1. The van der Waals surface area contributed by atoms with E-state index in [1.54, 1.807) is 0 Å². The van der Waals surface area contributed by atoms with Crippen LogP contribution in [0.5, 0.6) is 0 Å². The Morgan fingerprint density at radius 2 is 2.22 bits per heavy atom. The van der Waals surface area contributed by atoms with E-state index in [4.69, 9.17) is 11.6 Å². The molecule has 2 heterocycles. The van der Waals surface area contributed by atoms with E-state index in [2.05, 4.69) is 15.3 Å². The molecule has 96 valence electrons. The van der Waals surface area contributed by atoms with E-state index in [1.165, 1.54) is 13.4 Å². The van der Waals surface area contributed by atoms with Gasteiger partial charge in [-0.3, -0.25) is 14.5 Å². The van der Waals surface area contributed by atoms with E-state index in [9.17, 15) is 9.59 Å². The number of nitrogens with zero attached hydrogens (tertiary/aromatic N) is 3. The summed E-state index contributed by atoms with van der Waals surface area (Å²) in [5.74, 6) is 0.0615. The lowest BCUT2D eigenvalue weighted by Crippen LogP contribution is -2.32. The van der Waals surface area contributed by atoms with E-state index >= 15 is 0 Å². The van der Waals surface area contributed by atoms with Crippen LogP contribution in [-0.2, 0) is 16.0 Å². The molecule has 2 rings (SSSR count). The Morgan fingerprint density at radius 1 is 1.50 bits per heavy atom. The largest absolute Gasteiger partial charge is 0.358 e. The van der Waals surface area contributed by atoms with Crippen LogP contribution in [0.1, 0.15) is 18.9 Å². The summed E-state index contributed by atoms with van der Waals surface area (Å²) < 4.78 is 0. The summed E-state index contributed by atoms with van der Waals surface area (Å²) >= 11 is 5.96. The molecule has 1 aromatic rings. The molecule has 1 aromatic heterocycles. The third kappa shape index (κ3) is 2.15. The van der Waals surface area contributed by atoms with Crippen molar-refractivity contribution in [3.8, 4) is 0 Å². The molecule has 0 aliphatic carbocycles. The fourth-order valence-corrected chi connectivity index (χ4v) is 2.13. The van der Waals surface area contributed by atoms with Crippen molar-refractivity contribution < 1.29 is 9.59 Å². The number of amides is 2. The number of carbonyl (C=O) groups is 2. The van der Waals surface area contributed by atoms with Crippen LogP contribution in [0, 0.1) is 0 Å². The molecule has 1 fully saturated rings. The third-order valence-corrected chi connectivity index (χ3v) is 3.26. The van der Waals surface area contributed by atoms with Crippen molar-refractivity contribution in [1.29, 1.82) is 0 Å². The normalized spacial score (nSPS) is 19.5. The van der Waals surface area contributed by atoms with Crippen molar-refractivity contribution >= 4 is 29.2 Å². The summed E-state index contributed by atoms with van der Waals surface area (Å²) in [5.41, 5.74) is 0.744. The summed E-state index contributed by atoms with van der Waals surface area (Å²) in [6.45, 7) is 1.92. The molecule has 1 saturated heterocycles. The Labute approximate surface area is 109 Å². The first-order valence-electron chi connectivity index (χ1n) is 5.61. The SMILES string of the molecule is CCc1c(Cl)ncnc1NC1CC(=O)N(C)C1=O. The minimum Gasteiger partial charge on any atom is -0.358 e. The lowest BCUT2D eigenvalue weighted by Gasteiger charge is -2.14. The van der Waals surface area contributed by atoms with Gasteiger partial charge < -0.3 is 5.32 Å². The van der Waals surface area contributed by atoms with E-state index in [0.29, 0.717) is 17.4 Å². The lowest BCUT2D eigenvalue weighted by atomic mass is 10.2. The number of hydrogen-bond donors (Lipinski definition) is 1. The van der Waals surface area contributed by atoms with Gasteiger partial charge in [-0.2, -0.15) is 0 Å². The quantitative estimate of drug-likeness (QED) is 0.650. The van der Waals surface area contributed by atoms with Gasteiger partial charge in [0.1, 0.15) is 23.3 Å². The van der Waals surface area contributed by atoms with Crippen molar-refractivity contribution in [3.05, 3.63) is 17.0 Å². The zero-order chi connectivity index (χ0) is 13.3. The zero-order valence-corrected chi connectivity index (χ0v) is 10.9. The van der Waals surface area contributed by atoms with Gasteiger partial charge in [-0.25, -0.2) is 9.97 Å². The van der Waals surface area contributed by atoms with Crippen molar-refractivity contribution in [1.82, 2.24) is 14.9 Å². The lowest BCUT2D eigenvalue weighted by molar-refractivity contribution is -0.136. The van der Waals surface area contributed by atoms with Gasteiger partial charge in [0.25, 0.3) is 5.91 Å². The number of imide groups is 1. The molecule has 1 aliphatic heterocycles. The molecule has 0 aromatic carbocycles. The Morgan fingerprint density at radius 3 is 2.78 bits per heavy atom. The maximum absolute atomic E-state index is 11.8. The van der Waals surface area contributed by atoms with Gasteiger partial charge in [-0.05, 0) is 6.42 Å². The molecule has 2 amide bonds. The number of likely N-dealkylation sites (tertiary alicyclic amines) is 1. The fourth-order valence-electron chi connectivity index (χ4n) is 1.86. The second-order valence-corrected chi connectivity index (χ2v) is 4.40. The van der Waals surface area contributed by atoms with E-state index in [0.717, 1.165) is 10.5 Å². The Bertz CT molecular complexity index is 506. The van der Waals surface area contributed by atoms with Gasteiger partial charge in [0.05, 0.1) is 6.42 Å². The Kier molecular flexibility index (Phi) is 3.47. The van der Waals surface area contributed by atoms with Gasteiger partial charge >= 0.3 is 0 Å². The molecular formula is C11H13ClN4O2. The number of likely N-dealkylation sites (N-methyl/N-ethyl adjacent to an activating group) is 1. The Balaban J connectivity index is 2.23. The van der Waals surface area contributed by atoms with Crippen molar-refractivity contribution in [2.75, 3.05) is 12.4 Å². The van der Waals surface area contributed by atoms with Crippen LogP contribution >= 0.6 is 11.6 Å². The number of rotatable bonds is 3. The fraction of sp³-hybridized carbons (Fsp3) is 0.455. The molecule has 0 radical (unpaired) electrons. The van der Waals surface area contributed by atoms with E-state index in [-0.39, 0.29) is 18.2 Å². The minimum absolute atomic E-state index is 0.139. The maximum Gasteiger partial charge on any atom is 0.251 e. The van der Waals surface area contributed by atoms with Crippen LogP contribution in [0.25, 0.3) is 0 Å². The molecule has 1 N–H and O–H groups in total. The predicted molar refractivity (Wildman–Crippen MR) is 66.2 cm³/mol. The number of aromatic nitrogens is 2. The molecule has 1 unspecified atom stereocenters. The first-order valence-corrected chi connectivity index (χ1v) is 5.98. The second kappa shape index (κ2) is 4.89. The van der Waals surface area contributed by atoms with Crippen molar-refractivity contribution in [3.63, 3.8) is 0 Å². The highest BCUT2D eigenvalue weighted by Gasteiger charge is 2.36. The first kappa shape index (κ1) is 12.8. The van der Waals surface area contributed by atoms with Crippen LogP contribution in [0.2, 0.25) is 5.15 Å². The molecule has 0 bridgehead atoms. The predicted octanol–water partition coefficient (Wildman–Crippen LogP) is 0.862. The molecule has 6 nitrogen and oxygen atoms in total. The van der Waals surface area contributed by atoms with E-state index in [1.807, 2.05) is 6.92 Å². The summed E-state index contributed by atoms with van der Waals surface area (Å²) in [7, 11) is 1.47. The van der Waals surface area contributed by atoms with Crippen LogP contribution in [0.3, 0.4) is 0 Å². The van der Waals surface area contributed by atoms with Crippen molar-refractivity contribution in [2.24, 2.45) is 0 Å². The van der Waals surface area contributed by atoms with Crippen LogP contribution in [0.4, 0.5) is 5.82 Å². The van der Waals surface area contributed by atoms with Gasteiger partial charge in [0.15, 0.2) is 0 Å². The first-order chi connectivity index (χ1) is 8.54. The highest BCUT2D eigenvalue weighted by molar-refractivity contribution is 6.30. The maximum atomic E-state index is 11.8. The average Bonchev–Trinajstić information content (AvgIpc) is 2.57. The topological polar surface area (TPSA) is 75.2 Å². The third-order valence-electron chi connectivity index (χ3n) is 2.94. The van der Waals surface area contributed by atoms with Crippen LogP contribution in [-0.4, -0.2) is 39.8 Å². The average molecular weight is 269 g/mol. The molecule has 0 spiro atoms. The summed E-state index contributed by atoms with van der Waals surface area (Å²) in [6, 6.07) is -0.571. The summed E-state index contributed by atoms with van der Waals surface area (Å²) in [5, 5.41) is 3.33. The molecule has 18 heavy (non-hydrogen) atoms. The number of nitrogens with one attached hydrogen (secondary N) is 1. The highest BCUT2D eigenvalue weighted by atomic mass is 35.5. The smallest absolute Gasteiger partial charge is 0.251 e. The summed E-state index contributed by atoms with van der Waals surface area (Å²) in [6.07, 6.45) is 2.11. The molecule has 0 saturated carbocycles. The van der Waals surface area contributed by atoms with Gasteiger partial charge in [0.2, 0.25) is 5.91 Å². The molecular weight excluding hydrogens is 256 g/mol. The van der Waals surface area contributed by atoms with Gasteiger partial charge in [0, 0.05) is 12.6 Å². The zero-order valence-electron chi connectivity index (χ0n) is 10.1. The van der Waals surface area contributed by atoms with Gasteiger partial charge in [-0.15, -0.1) is 0 Å². The number of anilines is 1. The molecule has 1 atom stereocenters. The molecule has 1 aliphatic rings. The number of carbonyl (C=O) groups excluding carboxylic acids is 2. The standard InChI is InChI=1S/C11H13ClN4O2/c1-3-6-9(12)13-5-14-10(6)15-7-4-8(17)16(2)11(7)18/h5,7H,3-4H2,1-2H3,(H,13,14,15). The second-order valence-electron chi connectivity index (χ2n) is 4.04. The minimum atomic E-state index is -0.571. The van der Waals surface area contributed by atoms with Crippen LogP contribution in [0.15, 0.2) is 6.33 Å². The molecule has 7 heteroatoms. The van der Waals surface area contributed by atoms with Gasteiger partial charge in [-0.1, -0.05) is 18.5 Å². The van der Waals surface area contributed by atoms with Crippen molar-refractivity contribution in [2.45, 2.75) is 25.8 Å². The van der Waals surface area contributed by atoms with Crippen LogP contribution < -0.4 is 5.32 Å². The van der Waals surface area contributed by atoms with E-state index < -0.39 is 6.04 Å². The monoisotopic (exact) mass is 268 g/mol. The Hall–Kier alpha value is -1.69. The number of hydrogen-bond acceptors (Lipinski definition) is 5.